The molecule has 0 aromatic heterocycles. The van der Waals surface area contributed by atoms with Crippen LogP contribution in [0.25, 0.3) is 27.1 Å². The van der Waals surface area contributed by atoms with Crippen molar-refractivity contribution < 1.29 is 0 Å². The largest absolute Gasteiger partial charge is 0.389 e. The molecule has 0 saturated carbocycles. The Bertz CT molecular complexity index is 2190. The number of rotatable bonds is 10. The van der Waals surface area contributed by atoms with Gasteiger partial charge in [0.15, 0.2) is 0 Å². The van der Waals surface area contributed by atoms with E-state index in [2.05, 4.69) is 166 Å². The van der Waals surface area contributed by atoms with Gasteiger partial charge in [-0.25, -0.2) is 0 Å². The van der Waals surface area contributed by atoms with Crippen molar-refractivity contribution in [3.05, 3.63) is 242 Å². The Balaban J connectivity index is 0.000000405. The summed E-state index contributed by atoms with van der Waals surface area (Å²) in [5, 5.41) is 11.4. The molecule has 0 fully saturated rings. The molecule has 3 nitrogen and oxygen atoms in total. The zero-order valence-corrected chi connectivity index (χ0v) is 38.1. The van der Waals surface area contributed by atoms with Crippen LogP contribution in [0.3, 0.4) is 0 Å². The number of hydrogen-bond donors (Lipinski definition) is 2. The summed E-state index contributed by atoms with van der Waals surface area (Å²) in [6.07, 6.45) is 13.6. The molecule has 6 rings (SSSR count). The van der Waals surface area contributed by atoms with Crippen LogP contribution in [0, 0.1) is 0 Å². The lowest BCUT2D eigenvalue weighted by atomic mass is 9.99. The van der Waals surface area contributed by atoms with Crippen molar-refractivity contribution in [1.82, 2.24) is 10.2 Å². The van der Waals surface area contributed by atoms with E-state index in [9.17, 15) is 0 Å². The van der Waals surface area contributed by atoms with Gasteiger partial charge in [0.05, 0.1) is 0 Å². The zero-order chi connectivity index (χ0) is 44.5. The second kappa shape index (κ2) is 31.4. The van der Waals surface area contributed by atoms with Gasteiger partial charge in [0.1, 0.15) is 0 Å². The first-order valence-electron chi connectivity index (χ1n) is 20.9. The number of anilines is 1. The topological polar surface area (TPSA) is 27.3 Å². The maximum absolute atomic E-state index is 3.99. The van der Waals surface area contributed by atoms with Gasteiger partial charge in [-0.15, -0.1) is 0 Å². The van der Waals surface area contributed by atoms with Gasteiger partial charge < -0.3 is 15.5 Å². The highest BCUT2D eigenvalue weighted by Crippen LogP contribution is 2.26. The molecular weight excluding hydrogens is 727 g/mol. The first-order valence-corrected chi connectivity index (χ1v) is 20.9. The van der Waals surface area contributed by atoms with Gasteiger partial charge in [-0.3, -0.25) is 0 Å². The van der Waals surface area contributed by atoms with Crippen LogP contribution in [0.15, 0.2) is 231 Å². The lowest BCUT2D eigenvalue weighted by Gasteiger charge is -2.24. The number of nitrogens with zero attached hydrogens (tertiary/aromatic N) is 1. The quantitative estimate of drug-likeness (QED) is 0.135. The predicted molar refractivity (Wildman–Crippen MR) is 272 cm³/mol. The Morgan fingerprint density at radius 2 is 1.12 bits per heavy atom. The Morgan fingerprint density at radius 3 is 1.55 bits per heavy atom. The highest BCUT2D eigenvalue weighted by atomic mass is 15.1. The second-order valence-electron chi connectivity index (χ2n) is 13.5. The zero-order valence-electron chi connectivity index (χ0n) is 38.1. The summed E-state index contributed by atoms with van der Waals surface area (Å²) in [6, 6.07) is 52.2. The fraction of sp³-hybridized carbons (Fsp3) is 0.193. The molecule has 0 heterocycles. The van der Waals surface area contributed by atoms with Crippen molar-refractivity contribution in [3.63, 3.8) is 0 Å². The molecule has 0 aliphatic rings. The fourth-order valence-electron chi connectivity index (χ4n) is 5.57. The minimum atomic E-state index is 0.615. The number of hydrogen-bond acceptors (Lipinski definition) is 3. The average molecular weight is 798 g/mol. The summed E-state index contributed by atoms with van der Waals surface area (Å²) in [4.78, 5) is 2.15. The molecule has 0 unspecified atom stereocenters. The van der Waals surface area contributed by atoms with Crippen LogP contribution in [-0.4, -0.2) is 26.0 Å². The maximum Gasteiger partial charge on any atom is 0.0481 e. The molecule has 0 aliphatic heterocycles. The van der Waals surface area contributed by atoms with E-state index in [1.54, 1.807) is 6.08 Å². The number of likely N-dealkylation sites (N-methyl/N-ethyl adjacent to an activating group) is 2. The molecule has 0 amide bonds. The van der Waals surface area contributed by atoms with Gasteiger partial charge >= 0.3 is 0 Å². The van der Waals surface area contributed by atoms with Crippen LogP contribution in [0.1, 0.15) is 65.5 Å². The summed E-state index contributed by atoms with van der Waals surface area (Å²) in [6.45, 7) is 25.9. The molecule has 0 atom stereocenters. The molecule has 3 heteroatoms. The fourth-order valence-corrected chi connectivity index (χ4v) is 5.57. The molecule has 0 aliphatic carbocycles. The van der Waals surface area contributed by atoms with Gasteiger partial charge in [-0.2, -0.15) is 0 Å². The van der Waals surface area contributed by atoms with Crippen molar-refractivity contribution >= 4 is 32.8 Å². The summed E-state index contributed by atoms with van der Waals surface area (Å²) in [5.41, 5.74) is 7.90. The number of benzene rings is 6. The Labute approximate surface area is 364 Å². The van der Waals surface area contributed by atoms with E-state index in [1.807, 2.05) is 127 Å². The molecule has 2 N–H and O–H groups in total. The minimum Gasteiger partial charge on any atom is -0.389 e. The molecule has 0 radical (unpaired) electrons. The number of nitrogens with one attached hydrogen (secondary N) is 2. The highest BCUT2D eigenvalue weighted by molar-refractivity contribution is 5.85. The third-order valence-corrected chi connectivity index (χ3v) is 8.96. The maximum atomic E-state index is 3.99. The van der Waals surface area contributed by atoms with Gasteiger partial charge in [0, 0.05) is 49.5 Å². The Kier molecular flexibility index (Phi) is 26.9. The van der Waals surface area contributed by atoms with Crippen molar-refractivity contribution in [1.29, 1.82) is 0 Å². The standard InChI is InChI=1S/C20H26N2.C13H14.C11H11N.C6H6.C5H8.C2H6/c1-7-12-20(22(6)17(4)15-16(3)21-5)19(8-2)18-13-10-9-11-14-18;1-10(2)12-8-7-11-5-3-4-6-13(11)9-12;1-12-11-7-6-9-4-2-3-5-10(9)8-11;1-2-4-6-5-3-1;1-3-5-4-2;1-2/h7-15,21H,2-3H2,1,4-6H3;3-10H,1-2H3;2-8,12H,1H3;1-6H;3-5H,1H2,2H3;1-2H3/b12-7-,17-15+,20-19-;;;;5-4-;. The summed E-state index contributed by atoms with van der Waals surface area (Å²) in [7, 11) is 5.86. The van der Waals surface area contributed by atoms with Crippen LogP contribution >= 0.6 is 0 Å². The average Bonchev–Trinajstić information content (AvgIpc) is 3.31. The van der Waals surface area contributed by atoms with Crippen LogP contribution in [0.4, 0.5) is 5.69 Å². The van der Waals surface area contributed by atoms with E-state index in [1.165, 1.54) is 27.1 Å². The van der Waals surface area contributed by atoms with E-state index in [0.717, 1.165) is 33.9 Å². The van der Waals surface area contributed by atoms with Gasteiger partial charge in [-0.05, 0) is 83.6 Å². The summed E-state index contributed by atoms with van der Waals surface area (Å²) in [5.74, 6) is 0.615. The molecule has 314 valence electrons. The molecule has 0 saturated heterocycles. The summed E-state index contributed by atoms with van der Waals surface area (Å²) >= 11 is 0. The van der Waals surface area contributed by atoms with Crippen LogP contribution in [0.5, 0.6) is 0 Å². The molecule has 0 bridgehead atoms. The van der Waals surface area contributed by atoms with Crippen molar-refractivity contribution in [2.24, 2.45) is 0 Å². The predicted octanol–water partition coefficient (Wildman–Crippen LogP) is 16.0. The van der Waals surface area contributed by atoms with E-state index in [4.69, 9.17) is 0 Å². The Hall–Kier alpha value is -6.58. The van der Waals surface area contributed by atoms with Crippen LogP contribution < -0.4 is 10.6 Å². The van der Waals surface area contributed by atoms with Gasteiger partial charge in [0.2, 0.25) is 0 Å². The normalized spacial score (nSPS) is 10.8. The smallest absolute Gasteiger partial charge is 0.0481 e. The lowest BCUT2D eigenvalue weighted by Crippen LogP contribution is -2.17. The monoisotopic (exact) mass is 798 g/mol. The first-order chi connectivity index (χ1) is 29.1. The van der Waals surface area contributed by atoms with Crippen LogP contribution in [0.2, 0.25) is 0 Å². The highest BCUT2D eigenvalue weighted by Gasteiger charge is 2.10. The molecule has 6 aromatic rings. The molecule has 6 aromatic carbocycles. The van der Waals surface area contributed by atoms with Crippen molar-refractivity contribution in [2.45, 2.75) is 54.4 Å². The van der Waals surface area contributed by atoms with E-state index < -0.39 is 0 Å². The van der Waals surface area contributed by atoms with Gasteiger partial charge in [-0.1, -0.05) is 217 Å². The van der Waals surface area contributed by atoms with Crippen molar-refractivity contribution in [2.75, 3.05) is 26.5 Å². The van der Waals surface area contributed by atoms with Crippen LogP contribution in [-0.2, 0) is 0 Å². The number of fused-ring (bicyclic) bond motifs is 2. The minimum absolute atomic E-state index is 0.615. The number of allylic oxidation sites excluding steroid dienone is 9. The lowest BCUT2D eigenvalue weighted by molar-refractivity contribution is 0.538. The Morgan fingerprint density at radius 1 is 0.633 bits per heavy atom. The second-order valence-corrected chi connectivity index (χ2v) is 13.5. The molecule has 60 heavy (non-hydrogen) atoms. The first kappa shape index (κ1) is 51.4. The SMILES string of the molecule is C=C/C(=C(\C=C/C)N(C)/C(C)=C/C(=C)NC)c1ccccc1.C=C/C=C\C.CC.CC(C)c1ccc2ccccc2c1.CNc1ccc2ccccc2c1.c1ccccc1. The summed E-state index contributed by atoms with van der Waals surface area (Å²) < 4.78 is 0. The third kappa shape index (κ3) is 19.2. The molecular formula is C57H71N3. The molecule has 0 spiro atoms. The van der Waals surface area contributed by atoms with Gasteiger partial charge in [0.25, 0.3) is 0 Å². The van der Waals surface area contributed by atoms with E-state index >= 15 is 0 Å². The van der Waals surface area contributed by atoms with Crippen molar-refractivity contribution in [3.8, 4) is 0 Å². The third-order valence-electron chi connectivity index (χ3n) is 8.96. The van der Waals surface area contributed by atoms with E-state index in [-0.39, 0.29) is 0 Å². The van der Waals surface area contributed by atoms with E-state index in [0.29, 0.717) is 5.92 Å².